The number of H-pyrrole nitrogens is 1. The molecule has 29 heavy (non-hydrogen) atoms. The van der Waals surface area contributed by atoms with Crippen molar-refractivity contribution in [2.45, 2.75) is 45.2 Å². The summed E-state index contributed by atoms with van der Waals surface area (Å²) in [6, 6.07) is 15.3. The Morgan fingerprint density at radius 2 is 1.83 bits per heavy atom. The predicted molar refractivity (Wildman–Crippen MR) is 114 cm³/mol. The Morgan fingerprint density at radius 1 is 1.10 bits per heavy atom. The molecule has 1 aliphatic carbocycles. The van der Waals surface area contributed by atoms with E-state index < -0.39 is 0 Å². The number of aromatic amines is 1. The van der Waals surface area contributed by atoms with Gasteiger partial charge in [0, 0.05) is 23.2 Å². The van der Waals surface area contributed by atoms with E-state index in [1.165, 1.54) is 0 Å². The minimum atomic E-state index is -0.162. The van der Waals surface area contributed by atoms with Crippen LogP contribution < -0.4 is 10.3 Å². The van der Waals surface area contributed by atoms with Crippen LogP contribution in [-0.4, -0.2) is 28.9 Å². The zero-order chi connectivity index (χ0) is 20.4. The molecule has 0 spiro atoms. The Kier molecular flexibility index (Phi) is 5.38. The second-order valence-electron chi connectivity index (χ2n) is 7.81. The first-order valence-electron chi connectivity index (χ1n) is 10.1. The van der Waals surface area contributed by atoms with Crippen LogP contribution in [0.25, 0.3) is 10.9 Å². The summed E-state index contributed by atoms with van der Waals surface area (Å²) in [7, 11) is 1.60. The number of amides is 1. The summed E-state index contributed by atoms with van der Waals surface area (Å²) in [5.41, 5.74) is 2.97. The largest absolute Gasteiger partial charge is 0.497 e. The Morgan fingerprint density at radius 3 is 2.52 bits per heavy atom. The van der Waals surface area contributed by atoms with Crippen molar-refractivity contribution in [2.24, 2.45) is 0 Å². The maximum Gasteiger partial charge on any atom is 0.254 e. The van der Waals surface area contributed by atoms with Gasteiger partial charge in [0.05, 0.1) is 19.2 Å². The highest BCUT2D eigenvalue weighted by Crippen LogP contribution is 2.27. The lowest BCUT2D eigenvalue weighted by molar-refractivity contribution is 0.0664. The SMILES string of the molecule is COc1ccc2cc(CN(C(=O)c3ccc(C)cc3)C3CCCC3)c(=O)[nH]c2c1. The molecule has 0 unspecified atom stereocenters. The van der Waals surface area contributed by atoms with E-state index in [1.807, 2.05) is 60.4 Å². The maximum atomic E-state index is 13.3. The number of aryl methyl sites for hydroxylation is 1. The Balaban J connectivity index is 1.68. The van der Waals surface area contributed by atoms with Crippen molar-refractivity contribution in [3.8, 4) is 5.75 Å². The molecule has 0 saturated heterocycles. The number of carbonyl (C=O) groups excluding carboxylic acids is 1. The number of fused-ring (bicyclic) bond motifs is 1. The van der Waals surface area contributed by atoms with E-state index in [1.54, 1.807) is 7.11 Å². The lowest BCUT2D eigenvalue weighted by Crippen LogP contribution is -2.39. The molecule has 150 valence electrons. The molecular weight excluding hydrogens is 364 g/mol. The summed E-state index contributed by atoms with van der Waals surface area (Å²) >= 11 is 0. The van der Waals surface area contributed by atoms with E-state index >= 15 is 0 Å². The van der Waals surface area contributed by atoms with E-state index in [4.69, 9.17) is 4.74 Å². The fourth-order valence-electron chi connectivity index (χ4n) is 4.10. The van der Waals surface area contributed by atoms with Crippen molar-refractivity contribution < 1.29 is 9.53 Å². The number of nitrogens with one attached hydrogen (secondary N) is 1. The van der Waals surface area contributed by atoms with Crippen LogP contribution >= 0.6 is 0 Å². The van der Waals surface area contributed by atoms with Crippen LogP contribution in [0.3, 0.4) is 0 Å². The van der Waals surface area contributed by atoms with Gasteiger partial charge in [-0.3, -0.25) is 9.59 Å². The number of rotatable bonds is 5. The molecular formula is C24H26N2O3. The molecule has 0 aliphatic heterocycles. The molecule has 1 aliphatic rings. The Hall–Kier alpha value is -3.08. The van der Waals surface area contributed by atoms with Crippen molar-refractivity contribution in [1.29, 1.82) is 0 Å². The second-order valence-corrected chi connectivity index (χ2v) is 7.81. The summed E-state index contributed by atoms with van der Waals surface area (Å²) in [5.74, 6) is 0.689. The molecule has 0 radical (unpaired) electrons. The lowest BCUT2D eigenvalue weighted by atomic mass is 10.1. The summed E-state index contributed by atoms with van der Waals surface area (Å²) in [6.45, 7) is 2.32. The molecule has 5 heteroatoms. The van der Waals surface area contributed by atoms with Crippen molar-refractivity contribution >= 4 is 16.8 Å². The third-order valence-corrected chi connectivity index (χ3v) is 5.80. The first-order valence-corrected chi connectivity index (χ1v) is 10.1. The molecule has 3 aromatic rings. The zero-order valence-electron chi connectivity index (χ0n) is 16.9. The van der Waals surface area contributed by atoms with Gasteiger partial charge in [-0.15, -0.1) is 0 Å². The quantitative estimate of drug-likeness (QED) is 0.701. The molecule has 1 saturated carbocycles. The van der Waals surface area contributed by atoms with Crippen molar-refractivity contribution in [3.05, 3.63) is 75.6 Å². The fourth-order valence-corrected chi connectivity index (χ4v) is 4.10. The van der Waals surface area contributed by atoms with Crippen molar-refractivity contribution in [1.82, 2.24) is 9.88 Å². The highest BCUT2D eigenvalue weighted by molar-refractivity contribution is 5.94. The van der Waals surface area contributed by atoms with Crippen LogP contribution in [0.2, 0.25) is 0 Å². The van der Waals surface area contributed by atoms with Crippen LogP contribution in [0.5, 0.6) is 5.75 Å². The van der Waals surface area contributed by atoms with E-state index in [0.717, 1.165) is 42.1 Å². The highest BCUT2D eigenvalue weighted by atomic mass is 16.5. The minimum Gasteiger partial charge on any atom is -0.497 e. The normalized spacial score (nSPS) is 14.3. The van der Waals surface area contributed by atoms with Crippen molar-refractivity contribution in [3.63, 3.8) is 0 Å². The van der Waals surface area contributed by atoms with Crippen LogP contribution in [-0.2, 0) is 6.54 Å². The average Bonchev–Trinajstić information content (AvgIpc) is 3.26. The van der Waals surface area contributed by atoms with Gasteiger partial charge in [-0.05, 0) is 55.5 Å². The summed E-state index contributed by atoms with van der Waals surface area (Å²) in [6.07, 6.45) is 4.22. The molecule has 0 atom stereocenters. The predicted octanol–water partition coefficient (Wildman–Crippen LogP) is 4.43. The molecule has 4 rings (SSSR count). The molecule has 0 bridgehead atoms. The Labute approximate surface area is 170 Å². The number of carbonyl (C=O) groups is 1. The smallest absolute Gasteiger partial charge is 0.254 e. The lowest BCUT2D eigenvalue weighted by Gasteiger charge is -2.29. The fraction of sp³-hybridized carbons (Fsp3) is 0.333. The summed E-state index contributed by atoms with van der Waals surface area (Å²) in [4.78, 5) is 30.9. The summed E-state index contributed by atoms with van der Waals surface area (Å²) < 4.78 is 5.24. The second kappa shape index (κ2) is 8.11. The number of aromatic nitrogens is 1. The number of nitrogens with zero attached hydrogens (tertiary/aromatic N) is 1. The van der Waals surface area contributed by atoms with Gasteiger partial charge in [-0.2, -0.15) is 0 Å². The van der Waals surface area contributed by atoms with Crippen LogP contribution in [0.15, 0.2) is 53.3 Å². The number of hydrogen-bond acceptors (Lipinski definition) is 3. The highest BCUT2D eigenvalue weighted by Gasteiger charge is 2.28. The molecule has 1 N–H and O–H groups in total. The third-order valence-electron chi connectivity index (χ3n) is 5.80. The van der Waals surface area contributed by atoms with E-state index in [0.29, 0.717) is 23.4 Å². The van der Waals surface area contributed by atoms with Gasteiger partial charge < -0.3 is 14.6 Å². The molecule has 1 amide bonds. The number of hydrogen-bond donors (Lipinski definition) is 1. The molecule has 5 nitrogen and oxygen atoms in total. The van der Waals surface area contributed by atoms with Gasteiger partial charge in [0.15, 0.2) is 0 Å². The van der Waals surface area contributed by atoms with Crippen LogP contribution in [0, 0.1) is 6.92 Å². The first kappa shape index (κ1) is 19.2. The average molecular weight is 390 g/mol. The number of benzene rings is 2. The topological polar surface area (TPSA) is 62.4 Å². The Bertz CT molecular complexity index is 1080. The number of ether oxygens (including phenoxy) is 1. The number of methoxy groups -OCH3 is 1. The van der Waals surface area contributed by atoms with E-state index in [2.05, 4.69) is 4.98 Å². The third kappa shape index (κ3) is 4.04. The maximum absolute atomic E-state index is 13.3. The van der Waals surface area contributed by atoms with Gasteiger partial charge in [-0.25, -0.2) is 0 Å². The molecule has 1 heterocycles. The molecule has 2 aromatic carbocycles. The minimum absolute atomic E-state index is 0.00821. The van der Waals surface area contributed by atoms with Crippen molar-refractivity contribution in [2.75, 3.05) is 7.11 Å². The van der Waals surface area contributed by atoms with Gasteiger partial charge >= 0.3 is 0 Å². The van der Waals surface area contributed by atoms with Gasteiger partial charge in [0.1, 0.15) is 5.75 Å². The molecule has 1 aromatic heterocycles. The van der Waals surface area contributed by atoms with E-state index in [9.17, 15) is 9.59 Å². The zero-order valence-corrected chi connectivity index (χ0v) is 16.9. The monoisotopic (exact) mass is 390 g/mol. The van der Waals surface area contributed by atoms with Crippen LogP contribution in [0.4, 0.5) is 0 Å². The van der Waals surface area contributed by atoms with Gasteiger partial charge in [-0.1, -0.05) is 30.5 Å². The standard InChI is InChI=1S/C24H26N2O3/c1-16-7-9-17(10-8-16)24(28)26(20-5-3-4-6-20)15-19-13-18-11-12-21(29-2)14-22(18)25-23(19)27/h7-14,20H,3-6,15H2,1-2H3,(H,25,27). The van der Waals surface area contributed by atoms with Crippen LogP contribution in [0.1, 0.15) is 47.2 Å². The van der Waals surface area contributed by atoms with Gasteiger partial charge in [0.25, 0.3) is 11.5 Å². The summed E-state index contributed by atoms with van der Waals surface area (Å²) in [5, 5.41) is 0.926. The van der Waals surface area contributed by atoms with Gasteiger partial charge in [0.2, 0.25) is 0 Å². The molecule has 1 fully saturated rings. The first-order chi connectivity index (χ1) is 14.0. The number of pyridine rings is 1. The van der Waals surface area contributed by atoms with E-state index in [-0.39, 0.29) is 17.5 Å².